The van der Waals surface area contributed by atoms with E-state index in [4.69, 9.17) is 16.3 Å². The second-order valence-corrected chi connectivity index (χ2v) is 4.96. The molecule has 0 spiro atoms. The molecule has 5 heteroatoms. The first-order chi connectivity index (χ1) is 8.97. The van der Waals surface area contributed by atoms with Gasteiger partial charge in [-0.25, -0.2) is 0 Å². The van der Waals surface area contributed by atoms with Crippen LogP contribution in [0.4, 0.5) is 0 Å². The number of benzene rings is 1. The van der Waals surface area contributed by atoms with E-state index in [2.05, 4.69) is 4.98 Å². The maximum Gasteiger partial charge on any atom is 0.310 e. The number of fused-ring (bicyclic) bond motifs is 1. The number of carbonyl (C=O) groups is 1. The number of carbonyl (C=O) groups excluding carboxylic acids is 1. The molecule has 1 heterocycles. The van der Waals surface area contributed by atoms with Crippen LogP contribution in [-0.4, -0.2) is 17.1 Å². The van der Waals surface area contributed by atoms with Gasteiger partial charge in [0.05, 0.1) is 12.5 Å². The van der Waals surface area contributed by atoms with Gasteiger partial charge < -0.3 is 9.72 Å². The minimum Gasteiger partial charge on any atom is -0.463 e. The third kappa shape index (κ3) is 3.15. The Balaban J connectivity index is 2.37. The van der Waals surface area contributed by atoms with E-state index in [0.29, 0.717) is 16.0 Å². The van der Waals surface area contributed by atoms with Crippen LogP contribution in [0.15, 0.2) is 29.2 Å². The number of hydrogen-bond acceptors (Lipinski definition) is 3. The second kappa shape index (κ2) is 5.45. The smallest absolute Gasteiger partial charge is 0.310 e. The molecular formula is C14H14ClNO3. The lowest BCUT2D eigenvalue weighted by molar-refractivity contribution is -0.146. The van der Waals surface area contributed by atoms with E-state index in [1.54, 1.807) is 38.2 Å². The Hall–Kier alpha value is -1.81. The summed E-state index contributed by atoms with van der Waals surface area (Å²) in [6.45, 7) is 3.58. The van der Waals surface area contributed by atoms with Crippen molar-refractivity contribution in [3.05, 3.63) is 45.3 Å². The topological polar surface area (TPSA) is 59.2 Å². The number of rotatable bonds is 3. The molecular weight excluding hydrogens is 266 g/mol. The van der Waals surface area contributed by atoms with Gasteiger partial charge in [-0.3, -0.25) is 9.59 Å². The predicted octanol–water partition coefficient (Wildman–Crippen LogP) is 2.68. The van der Waals surface area contributed by atoms with Gasteiger partial charge in [0, 0.05) is 16.6 Å². The van der Waals surface area contributed by atoms with E-state index < -0.39 is 0 Å². The lowest BCUT2D eigenvalue weighted by atomic mass is 10.1. The van der Waals surface area contributed by atoms with Crippen LogP contribution in [0, 0.1) is 0 Å². The number of aromatic amines is 1. The largest absolute Gasteiger partial charge is 0.463 e. The van der Waals surface area contributed by atoms with Gasteiger partial charge in [-0.2, -0.15) is 0 Å². The summed E-state index contributed by atoms with van der Waals surface area (Å²) in [6.07, 6.45) is 1.50. The SMILES string of the molecule is CC(C)OC(=O)Cc1cc2cc[nH]c(=O)c2cc1Cl. The molecule has 2 rings (SSSR count). The molecule has 0 amide bonds. The zero-order valence-electron chi connectivity index (χ0n) is 10.7. The van der Waals surface area contributed by atoms with Crippen molar-refractivity contribution in [3.8, 4) is 0 Å². The summed E-state index contributed by atoms with van der Waals surface area (Å²) in [7, 11) is 0. The summed E-state index contributed by atoms with van der Waals surface area (Å²) in [5.41, 5.74) is 0.459. The molecule has 2 aromatic rings. The highest BCUT2D eigenvalue weighted by atomic mass is 35.5. The summed E-state index contributed by atoms with van der Waals surface area (Å²) in [6, 6.07) is 5.09. The number of aromatic nitrogens is 1. The van der Waals surface area contributed by atoms with Crippen molar-refractivity contribution >= 4 is 28.3 Å². The second-order valence-electron chi connectivity index (χ2n) is 4.55. The number of H-pyrrole nitrogens is 1. The highest BCUT2D eigenvalue weighted by molar-refractivity contribution is 6.32. The maximum atomic E-state index is 11.6. The zero-order valence-corrected chi connectivity index (χ0v) is 11.5. The van der Waals surface area contributed by atoms with E-state index in [-0.39, 0.29) is 24.1 Å². The Morgan fingerprint density at radius 2 is 2.16 bits per heavy atom. The molecule has 0 saturated heterocycles. The average Bonchev–Trinajstić information content (AvgIpc) is 2.30. The third-order valence-electron chi connectivity index (χ3n) is 2.64. The fourth-order valence-electron chi connectivity index (χ4n) is 1.85. The molecule has 0 radical (unpaired) electrons. The Kier molecular flexibility index (Phi) is 3.90. The lowest BCUT2D eigenvalue weighted by Gasteiger charge is -2.09. The molecule has 0 atom stereocenters. The monoisotopic (exact) mass is 279 g/mol. The predicted molar refractivity (Wildman–Crippen MR) is 74.5 cm³/mol. The summed E-state index contributed by atoms with van der Waals surface area (Å²) in [5.74, 6) is -0.332. The van der Waals surface area contributed by atoms with Gasteiger partial charge in [0.25, 0.3) is 5.56 Å². The molecule has 0 bridgehead atoms. The summed E-state index contributed by atoms with van der Waals surface area (Å²) in [5, 5.41) is 1.65. The van der Waals surface area contributed by atoms with Gasteiger partial charge in [-0.15, -0.1) is 0 Å². The normalized spacial score (nSPS) is 10.9. The van der Waals surface area contributed by atoms with Crippen LogP contribution >= 0.6 is 11.6 Å². The van der Waals surface area contributed by atoms with Gasteiger partial charge in [0.2, 0.25) is 0 Å². The van der Waals surface area contributed by atoms with E-state index in [1.807, 2.05) is 0 Å². The van der Waals surface area contributed by atoms with Crippen molar-refractivity contribution in [3.63, 3.8) is 0 Å². The summed E-state index contributed by atoms with van der Waals surface area (Å²) < 4.78 is 5.08. The summed E-state index contributed by atoms with van der Waals surface area (Å²) >= 11 is 6.10. The van der Waals surface area contributed by atoms with Crippen molar-refractivity contribution in [1.82, 2.24) is 4.98 Å². The van der Waals surface area contributed by atoms with Gasteiger partial charge in [0.15, 0.2) is 0 Å². The number of pyridine rings is 1. The Labute approximate surface area is 115 Å². The maximum absolute atomic E-state index is 11.6. The van der Waals surface area contributed by atoms with E-state index in [9.17, 15) is 9.59 Å². The number of hydrogen-bond donors (Lipinski definition) is 1. The standard InChI is InChI=1S/C14H14ClNO3/c1-8(2)19-13(17)6-10-5-9-3-4-16-14(18)11(9)7-12(10)15/h3-5,7-8H,6H2,1-2H3,(H,16,18). The lowest BCUT2D eigenvalue weighted by Crippen LogP contribution is -2.14. The third-order valence-corrected chi connectivity index (χ3v) is 2.99. The fraction of sp³-hybridized carbons (Fsp3) is 0.286. The molecule has 1 N–H and O–H groups in total. The van der Waals surface area contributed by atoms with Crippen molar-refractivity contribution < 1.29 is 9.53 Å². The number of esters is 1. The van der Waals surface area contributed by atoms with Crippen LogP contribution in [0.5, 0.6) is 0 Å². The number of halogens is 1. The number of nitrogens with one attached hydrogen (secondary N) is 1. The van der Waals surface area contributed by atoms with E-state index in [0.717, 1.165) is 5.39 Å². The molecule has 0 aliphatic heterocycles. The first-order valence-corrected chi connectivity index (χ1v) is 6.34. The Morgan fingerprint density at radius 1 is 1.42 bits per heavy atom. The van der Waals surface area contributed by atoms with Gasteiger partial charge in [-0.05, 0) is 43.0 Å². The van der Waals surface area contributed by atoms with Crippen LogP contribution in [0.3, 0.4) is 0 Å². The quantitative estimate of drug-likeness (QED) is 0.879. The fourth-order valence-corrected chi connectivity index (χ4v) is 2.08. The highest BCUT2D eigenvalue weighted by Gasteiger charge is 2.11. The Bertz CT molecular complexity index is 676. The molecule has 0 aliphatic carbocycles. The van der Waals surface area contributed by atoms with E-state index >= 15 is 0 Å². The minimum absolute atomic E-state index is 0.0970. The molecule has 0 unspecified atom stereocenters. The molecule has 0 fully saturated rings. The van der Waals surface area contributed by atoms with Crippen LogP contribution in [0.2, 0.25) is 5.02 Å². The number of ether oxygens (including phenoxy) is 1. The summed E-state index contributed by atoms with van der Waals surface area (Å²) in [4.78, 5) is 25.8. The van der Waals surface area contributed by atoms with Gasteiger partial charge in [-0.1, -0.05) is 11.6 Å². The van der Waals surface area contributed by atoms with Gasteiger partial charge in [0.1, 0.15) is 0 Å². The van der Waals surface area contributed by atoms with Crippen molar-refractivity contribution in [2.45, 2.75) is 26.4 Å². The molecule has 19 heavy (non-hydrogen) atoms. The van der Waals surface area contributed by atoms with Crippen molar-refractivity contribution in [2.75, 3.05) is 0 Å². The van der Waals surface area contributed by atoms with Crippen molar-refractivity contribution in [1.29, 1.82) is 0 Å². The molecule has 0 saturated carbocycles. The molecule has 1 aromatic carbocycles. The molecule has 100 valence electrons. The minimum atomic E-state index is -0.332. The van der Waals surface area contributed by atoms with Gasteiger partial charge >= 0.3 is 5.97 Å². The van der Waals surface area contributed by atoms with Crippen LogP contribution in [0.25, 0.3) is 10.8 Å². The van der Waals surface area contributed by atoms with Crippen molar-refractivity contribution in [2.24, 2.45) is 0 Å². The highest BCUT2D eigenvalue weighted by Crippen LogP contribution is 2.22. The zero-order chi connectivity index (χ0) is 14.0. The first-order valence-electron chi connectivity index (χ1n) is 5.96. The van der Waals surface area contributed by atoms with Crippen LogP contribution in [0.1, 0.15) is 19.4 Å². The van der Waals surface area contributed by atoms with Crippen LogP contribution < -0.4 is 5.56 Å². The molecule has 0 aliphatic rings. The average molecular weight is 280 g/mol. The first kappa shape index (κ1) is 13.6. The van der Waals surface area contributed by atoms with Crippen LogP contribution in [-0.2, 0) is 16.0 Å². The molecule has 4 nitrogen and oxygen atoms in total. The Morgan fingerprint density at radius 3 is 2.84 bits per heavy atom. The van der Waals surface area contributed by atoms with E-state index in [1.165, 1.54) is 0 Å². The molecule has 1 aromatic heterocycles.